The molecule has 0 radical (unpaired) electrons. The first-order valence-corrected chi connectivity index (χ1v) is 12.3. The Bertz CT molecular complexity index is 1240. The number of benzene rings is 3. The molecule has 0 aliphatic carbocycles. The minimum atomic E-state index is -0.466. The van der Waals surface area contributed by atoms with Crippen molar-refractivity contribution in [1.82, 2.24) is 5.32 Å². The molecule has 0 atom stereocenters. The Hall–Kier alpha value is -2.16. The molecule has 0 aromatic heterocycles. The standard InChI is InChI=1S/C24H18BrCl3N2O3S/c1-2-33-23(32)14-4-8-18(9-5-14)30(13-15-3-7-17(26)12-21(15)28)24(34)29-22(31)19-11-16(25)6-10-20(19)27/h3-12H,2,13H2,1H3,(H,29,31,34). The van der Waals surface area contributed by atoms with E-state index in [1.807, 2.05) is 0 Å². The Morgan fingerprint density at radius 3 is 2.35 bits per heavy atom. The maximum atomic E-state index is 12.9. The third-order valence-corrected chi connectivity index (χ3v) is 6.40. The normalized spacial score (nSPS) is 10.5. The van der Waals surface area contributed by atoms with Crippen LogP contribution in [0.25, 0.3) is 0 Å². The lowest BCUT2D eigenvalue weighted by atomic mass is 10.1. The molecule has 0 aliphatic rings. The number of ether oxygens (including phenoxy) is 1. The van der Waals surface area contributed by atoms with Gasteiger partial charge in [-0.1, -0.05) is 56.8 Å². The Morgan fingerprint density at radius 1 is 1.00 bits per heavy atom. The second-order valence-electron chi connectivity index (χ2n) is 6.97. The topological polar surface area (TPSA) is 58.6 Å². The van der Waals surface area contributed by atoms with Crippen molar-refractivity contribution in [3.05, 3.63) is 96.9 Å². The highest BCUT2D eigenvalue weighted by Crippen LogP contribution is 2.26. The fraction of sp³-hybridized carbons (Fsp3) is 0.125. The number of nitrogens with zero attached hydrogens (tertiary/aromatic N) is 1. The fourth-order valence-electron chi connectivity index (χ4n) is 3.00. The van der Waals surface area contributed by atoms with E-state index in [1.165, 1.54) is 0 Å². The van der Waals surface area contributed by atoms with Crippen molar-refractivity contribution in [3.8, 4) is 0 Å². The van der Waals surface area contributed by atoms with E-state index in [0.717, 1.165) is 5.56 Å². The number of hydrogen-bond donors (Lipinski definition) is 1. The molecule has 0 saturated heterocycles. The Kier molecular flexibility index (Phi) is 9.33. The summed E-state index contributed by atoms with van der Waals surface area (Å²) >= 11 is 27.5. The zero-order valence-electron chi connectivity index (χ0n) is 17.8. The summed E-state index contributed by atoms with van der Waals surface area (Å²) in [4.78, 5) is 26.6. The minimum Gasteiger partial charge on any atom is -0.462 e. The van der Waals surface area contributed by atoms with Gasteiger partial charge in [0, 0.05) is 20.2 Å². The average Bonchev–Trinajstić information content (AvgIpc) is 2.80. The largest absolute Gasteiger partial charge is 0.462 e. The number of carbonyl (C=O) groups excluding carboxylic acids is 2. The summed E-state index contributed by atoms with van der Waals surface area (Å²) < 4.78 is 5.74. The smallest absolute Gasteiger partial charge is 0.338 e. The number of nitrogens with one attached hydrogen (secondary N) is 1. The van der Waals surface area contributed by atoms with Crippen LogP contribution < -0.4 is 10.2 Å². The molecule has 0 bridgehead atoms. The van der Waals surface area contributed by atoms with Crippen LogP contribution in [-0.2, 0) is 11.3 Å². The number of amides is 1. The molecule has 1 N–H and O–H groups in total. The van der Waals surface area contributed by atoms with Crippen molar-refractivity contribution < 1.29 is 14.3 Å². The van der Waals surface area contributed by atoms with Crippen LogP contribution >= 0.6 is 63.0 Å². The van der Waals surface area contributed by atoms with Crippen LogP contribution in [-0.4, -0.2) is 23.6 Å². The summed E-state index contributed by atoms with van der Waals surface area (Å²) in [5.74, 6) is -0.895. The Balaban J connectivity index is 1.92. The molecule has 176 valence electrons. The number of anilines is 1. The van der Waals surface area contributed by atoms with Gasteiger partial charge in [-0.3, -0.25) is 10.1 Å². The predicted molar refractivity (Wildman–Crippen MR) is 144 cm³/mol. The van der Waals surface area contributed by atoms with E-state index in [9.17, 15) is 9.59 Å². The van der Waals surface area contributed by atoms with Crippen molar-refractivity contribution in [3.63, 3.8) is 0 Å². The molecule has 10 heteroatoms. The zero-order chi connectivity index (χ0) is 24.8. The molecular formula is C24H18BrCl3N2O3S. The number of thiocarbonyl (C=S) groups is 1. The first kappa shape index (κ1) is 26.4. The third-order valence-electron chi connectivity index (χ3n) is 4.67. The van der Waals surface area contributed by atoms with Crippen molar-refractivity contribution in [2.75, 3.05) is 11.5 Å². The fourth-order valence-corrected chi connectivity index (χ4v) is 4.29. The Morgan fingerprint density at radius 2 is 1.71 bits per heavy atom. The van der Waals surface area contributed by atoms with E-state index in [0.29, 0.717) is 25.8 Å². The zero-order valence-corrected chi connectivity index (χ0v) is 22.5. The third kappa shape index (κ3) is 6.71. The summed E-state index contributed by atoms with van der Waals surface area (Å²) in [6.45, 7) is 2.25. The van der Waals surface area contributed by atoms with Gasteiger partial charge in [-0.15, -0.1) is 0 Å². The van der Waals surface area contributed by atoms with Gasteiger partial charge in [-0.05, 0) is 79.3 Å². The molecule has 3 aromatic carbocycles. The molecule has 3 aromatic rings. The van der Waals surface area contributed by atoms with Gasteiger partial charge < -0.3 is 9.64 Å². The monoisotopic (exact) mass is 598 g/mol. The summed E-state index contributed by atoms with van der Waals surface area (Å²) in [5, 5.41) is 4.08. The van der Waals surface area contributed by atoms with Gasteiger partial charge in [0.05, 0.1) is 29.3 Å². The quantitative estimate of drug-likeness (QED) is 0.238. The van der Waals surface area contributed by atoms with Crippen molar-refractivity contribution in [2.24, 2.45) is 0 Å². The highest BCUT2D eigenvalue weighted by atomic mass is 79.9. The molecule has 3 rings (SSSR count). The molecule has 34 heavy (non-hydrogen) atoms. The van der Waals surface area contributed by atoms with E-state index < -0.39 is 11.9 Å². The molecule has 0 unspecified atom stereocenters. The molecule has 0 aliphatic heterocycles. The molecule has 0 saturated carbocycles. The van der Waals surface area contributed by atoms with E-state index >= 15 is 0 Å². The summed E-state index contributed by atoms with van der Waals surface area (Å²) in [7, 11) is 0. The summed E-state index contributed by atoms with van der Waals surface area (Å²) in [5.41, 5.74) is 2.02. The maximum Gasteiger partial charge on any atom is 0.338 e. The molecule has 5 nitrogen and oxygen atoms in total. The predicted octanol–water partition coefficient (Wildman–Crippen LogP) is 7.31. The van der Waals surface area contributed by atoms with Gasteiger partial charge in [0.15, 0.2) is 5.11 Å². The highest BCUT2D eigenvalue weighted by Gasteiger charge is 2.20. The Labute approximate surface area is 226 Å². The lowest BCUT2D eigenvalue weighted by Crippen LogP contribution is -2.42. The van der Waals surface area contributed by atoms with Crippen LogP contribution in [0, 0.1) is 0 Å². The SMILES string of the molecule is CCOC(=O)c1ccc(N(Cc2ccc(Cl)cc2Cl)C(=S)NC(=O)c2cc(Br)ccc2Cl)cc1. The van der Waals surface area contributed by atoms with Crippen LogP contribution in [0.5, 0.6) is 0 Å². The van der Waals surface area contributed by atoms with Crippen molar-refractivity contribution in [1.29, 1.82) is 0 Å². The van der Waals surface area contributed by atoms with Crippen molar-refractivity contribution in [2.45, 2.75) is 13.5 Å². The average molecular weight is 601 g/mol. The molecular weight excluding hydrogens is 583 g/mol. The number of rotatable bonds is 6. The van der Waals surface area contributed by atoms with E-state index in [1.54, 1.807) is 72.5 Å². The van der Waals surface area contributed by atoms with Crippen LogP contribution in [0.4, 0.5) is 5.69 Å². The van der Waals surface area contributed by atoms with E-state index in [-0.39, 0.29) is 28.9 Å². The van der Waals surface area contributed by atoms with Gasteiger partial charge >= 0.3 is 5.97 Å². The lowest BCUT2D eigenvalue weighted by molar-refractivity contribution is 0.0526. The first-order chi connectivity index (χ1) is 16.2. The van der Waals surface area contributed by atoms with Crippen LogP contribution in [0.3, 0.4) is 0 Å². The van der Waals surface area contributed by atoms with Crippen molar-refractivity contribution >= 4 is 85.6 Å². The van der Waals surface area contributed by atoms with Gasteiger partial charge in [-0.25, -0.2) is 4.79 Å². The van der Waals surface area contributed by atoms with Crippen LogP contribution in [0.2, 0.25) is 15.1 Å². The maximum absolute atomic E-state index is 12.9. The second kappa shape index (κ2) is 12.0. The molecule has 0 heterocycles. The van der Waals surface area contributed by atoms with Gasteiger partial charge in [0.2, 0.25) is 0 Å². The molecule has 1 amide bonds. The van der Waals surface area contributed by atoms with Crippen LogP contribution in [0.1, 0.15) is 33.2 Å². The molecule has 0 spiro atoms. The first-order valence-electron chi connectivity index (χ1n) is 9.98. The highest BCUT2D eigenvalue weighted by molar-refractivity contribution is 9.10. The van der Waals surface area contributed by atoms with Crippen LogP contribution in [0.15, 0.2) is 65.1 Å². The van der Waals surface area contributed by atoms with Gasteiger partial charge in [0.25, 0.3) is 5.91 Å². The number of hydrogen-bond acceptors (Lipinski definition) is 4. The number of carbonyl (C=O) groups is 2. The molecule has 0 fully saturated rings. The summed E-state index contributed by atoms with van der Waals surface area (Å²) in [6.07, 6.45) is 0. The van der Waals surface area contributed by atoms with E-state index in [2.05, 4.69) is 21.2 Å². The number of esters is 1. The minimum absolute atomic E-state index is 0.121. The van der Waals surface area contributed by atoms with Gasteiger partial charge in [-0.2, -0.15) is 0 Å². The number of halogens is 4. The van der Waals surface area contributed by atoms with E-state index in [4.69, 9.17) is 51.8 Å². The lowest BCUT2D eigenvalue weighted by Gasteiger charge is -2.26. The van der Waals surface area contributed by atoms with Gasteiger partial charge in [0.1, 0.15) is 0 Å². The summed E-state index contributed by atoms with van der Waals surface area (Å²) in [6, 6.07) is 16.7. The second-order valence-corrected chi connectivity index (χ2v) is 9.53.